The molecule has 24 heavy (non-hydrogen) atoms. The molecule has 2 amide bonds. The van der Waals surface area contributed by atoms with Crippen LogP contribution in [0.15, 0.2) is 0 Å². The fraction of sp³-hybridized carbons (Fsp3) is 0.895. The number of likely N-dealkylation sites (tertiary alicyclic amines) is 1. The summed E-state index contributed by atoms with van der Waals surface area (Å²) in [5.41, 5.74) is 0. The molecule has 3 rings (SSSR count). The molecule has 1 N–H and O–H groups in total. The second-order valence-corrected chi connectivity index (χ2v) is 7.67. The van der Waals surface area contributed by atoms with Gasteiger partial charge in [0.25, 0.3) is 0 Å². The second-order valence-electron chi connectivity index (χ2n) is 7.67. The summed E-state index contributed by atoms with van der Waals surface area (Å²) < 4.78 is 5.92. The van der Waals surface area contributed by atoms with E-state index in [2.05, 4.69) is 5.32 Å². The summed E-state index contributed by atoms with van der Waals surface area (Å²) in [6, 6.07) is 0. The quantitative estimate of drug-likeness (QED) is 0.599. The number of rotatable bonds is 6. The largest absolute Gasteiger partial charge is 0.376 e. The van der Waals surface area contributed by atoms with Crippen LogP contribution in [-0.2, 0) is 14.3 Å². The predicted molar refractivity (Wildman–Crippen MR) is 92.5 cm³/mol. The van der Waals surface area contributed by atoms with Gasteiger partial charge in [0.05, 0.1) is 18.6 Å². The van der Waals surface area contributed by atoms with Gasteiger partial charge < -0.3 is 15.0 Å². The SMILES string of the molecule is O=C(NCCOC1CCCCCC1)[C@H]1CCCN(C(=O)C2CC2)C1. The van der Waals surface area contributed by atoms with E-state index < -0.39 is 0 Å². The van der Waals surface area contributed by atoms with Crippen molar-refractivity contribution >= 4 is 11.8 Å². The van der Waals surface area contributed by atoms with Crippen molar-refractivity contribution in [3.63, 3.8) is 0 Å². The van der Waals surface area contributed by atoms with Crippen molar-refractivity contribution in [3.8, 4) is 0 Å². The maximum absolute atomic E-state index is 12.4. The van der Waals surface area contributed by atoms with Crippen molar-refractivity contribution in [1.82, 2.24) is 10.2 Å². The summed E-state index contributed by atoms with van der Waals surface area (Å²) in [6.07, 6.45) is 11.8. The number of hydrogen-bond acceptors (Lipinski definition) is 3. The fourth-order valence-corrected chi connectivity index (χ4v) is 3.93. The highest BCUT2D eigenvalue weighted by Gasteiger charge is 2.36. The summed E-state index contributed by atoms with van der Waals surface area (Å²) in [7, 11) is 0. The molecule has 1 heterocycles. The van der Waals surface area contributed by atoms with Crippen LogP contribution in [0.5, 0.6) is 0 Å². The highest BCUT2D eigenvalue weighted by atomic mass is 16.5. The third-order valence-corrected chi connectivity index (χ3v) is 5.59. The van der Waals surface area contributed by atoms with Crippen LogP contribution in [0.4, 0.5) is 0 Å². The number of piperidine rings is 1. The first-order valence-electron chi connectivity index (χ1n) is 9.92. The lowest BCUT2D eigenvalue weighted by Crippen LogP contribution is -2.46. The van der Waals surface area contributed by atoms with E-state index >= 15 is 0 Å². The molecule has 2 aliphatic carbocycles. The van der Waals surface area contributed by atoms with Crippen LogP contribution in [0.1, 0.15) is 64.2 Å². The third-order valence-electron chi connectivity index (χ3n) is 5.59. The van der Waals surface area contributed by atoms with Crippen LogP contribution in [0, 0.1) is 11.8 Å². The molecular weight excluding hydrogens is 304 g/mol. The molecule has 1 saturated heterocycles. The Morgan fingerprint density at radius 2 is 1.67 bits per heavy atom. The summed E-state index contributed by atoms with van der Waals surface area (Å²) in [4.78, 5) is 26.4. The second kappa shape index (κ2) is 8.84. The van der Waals surface area contributed by atoms with Crippen molar-refractivity contribution in [1.29, 1.82) is 0 Å². The Morgan fingerprint density at radius 3 is 2.38 bits per heavy atom. The van der Waals surface area contributed by atoms with E-state index in [4.69, 9.17) is 4.74 Å². The predicted octanol–water partition coefficient (Wildman–Crippen LogP) is 2.49. The van der Waals surface area contributed by atoms with Crippen molar-refractivity contribution in [2.75, 3.05) is 26.2 Å². The van der Waals surface area contributed by atoms with Crippen molar-refractivity contribution in [3.05, 3.63) is 0 Å². The van der Waals surface area contributed by atoms with Gasteiger partial charge in [0, 0.05) is 25.6 Å². The van der Waals surface area contributed by atoms with Gasteiger partial charge in [-0.25, -0.2) is 0 Å². The van der Waals surface area contributed by atoms with Crippen molar-refractivity contribution in [2.24, 2.45) is 11.8 Å². The molecule has 0 spiro atoms. The Bertz CT molecular complexity index is 428. The minimum absolute atomic E-state index is 0.0423. The molecule has 5 nitrogen and oxygen atoms in total. The summed E-state index contributed by atoms with van der Waals surface area (Å²) >= 11 is 0. The lowest BCUT2D eigenvalue weighted by molar-refractivity contribution is -0.136. The molecule has 0 unspecified atom stereocenters. The molecule has 0 aromatic heterocycles. The number of carbonyl (C=O) groups is 2. The van der Waals surface area contributed by atoms with Gasteiger partial charge in [-0.1, -0.05) is 25.7 Å². The van der Waals surface area contributed by atoms with E-state index in [-0.39, 0.29) is 23.7 Å². The number of carbonyl (C=O) groups excluding carboxylic acids is 2. The summed E-state index contributed by atoms with van der Waals surface area (Å²) in [5.74, 6) is 0.566. The Labute approximate surface area is 145 Å². The lowest BCUT2D eigenvalue weighted by Gasteiger charge is -2.32. The van der Waals surface area contributed by atoms with Crippen LogP contribution >= 0.6 is 0 Å². The number of ether oxygens (including phenoxy) is 1. The Balaban J connectivity index is 1.33. The highest BCUT2D eigenvalue weighted by molar-refractivity contribution is 5.83. The maximum Gasteiger partial charge on any atom is 0.225 e. The van der Waals surface area contributed by atoms with E-state index in [1.165, 1.54) is 25.7 Å². The van der Waals surface area contributed by atoms with E-state index in [1.54, 1.807) is 0 Å². The molecule has 3 aliphatic rings. The Morgan fingerprint density at radius 1 is 0.917 bits per heavy atom. The molecule has 1 atom stereocenters. The smallest absolute Gasteiger partial charge is 0.225 e. The minimum Gasteiger partial charge on any atom is -0.376 e. The highest BCUT2D eigenvalue weighted by Crippen LogP contribution is 2.32. The van der Waals surface area contributed by atoms with Crippen LogP contribution in [0.3, 0.4) is 0 Å². The van der Waals surface area contributed by atoms with Gasteiger partial charge in [-0.3, -0.25) is 9.59 Å². The first-order valence-corrected chi connectivity index (χ1v) is 9.92. The number of hydrogen-bond donors (Lipinski definition) is 1. The van der Waals surface area contributed by atoms with E-state index in [9.17, 15) is 9.59 Å². The molecule has 136 valence electrons. The zero-order chi connectivity index (χ0) is 16.8. The first kappa shape index (κ1) is 17.7. The number of nitrogens with zero attached hydrogens (tertiary/aromatic N) is 1. The van der Waals surface area contributed by atoms with Gasteiger partial charge in [0.2, 0.25) is 11.8 Å². The van der Waals surface area contributed by atoms with Gasteiger partial charge in [0.1, 0.15) is 0 Å². The van der Waals surface area contributed by atoms with Gasteiger partial charge >= 0.3 is 0 Å². The van der Waals surface area contributed by atoms with Gasteiger partial charge in [0.15, 0.2) is 0 Å². The Hall–Kier alpha value is -1.10. The molecular formula is C19H32N2O3. The van der Waals surface area contributed by atoms with Crippen LogP contribution < -0.4 is 5.32 Å². The van der Waals surface area contributed by atoms with Gasteiger partial charge in [-0.2, -0.15) is 0 Å². The maximum atomic E-state index is 12.4. The van der Waals surface area contributed by atoms with Gasteiger partial charge in [-0.05, 0) is 38.5 Å². The van der Waals surface area contributed by atoms with Crippen LogP contribution in [0.25, 0.3) is 0 Å². The zero-order valence-corrected chi connectivity index (χ0v) is 14.8. The van der Waals surface area contributed by atoms with E-state index in [0.717, 1.165) is 45.1 Å². The standard InChI is InChI=1S/C19H32N2O3/c22-18(20-11-13-24-17-7-3-1-2-4-8-17)16-6-5-12-21(14-16)19(23)15-9-10-15/h15-17H,1-14H2,(H,20,22)/t16-/m0/s1. The van der Waals surface area contributed by atoms with Crippen LogP contribution in [-0.4, -0.2) is 49.1 Å². The summed E-state index contributed by atoms with van der Waals surface area (Å²) in [5, 5.41) is 3.01. The first-order chi connectivity index (χ1) is 11.7. The third kappa shape index (κ3) is 5.20. The molecule has 0 bridgehead atoms. The van der Waals surface area contributed by atoms with Crippen molar-refractivity contribution in [2.45, 2.75) is 70.3 Å². The van der Waals surface area contributed by atoms with E-state index in [1.807, 2.05) is 4.90 Å². The lowest BCUT2D eigenvalue weighted by atomic mass is 9.96. The number of amides is 2. The van der Waals surface area contributed by atoms with Gasteiger partial charge in [-0.15, -0.1) is 0 Å². The molecule has 0 aromatic carbocycles. The molecule has 0 radical (unpaired) electrons. The monoisotopic (exact) mass is 336 g/mol. The summed E-state index contributed by atoms with van der Waals surface area (Å²) in [6.45, 7) is 2.62. The molecule has 2 saturated carbocycles. The van der Waals surface area contributed by atoms with Crippen molar-refractivity contribution < 1.29 is 14.3 Å². The number of nitrogens with one attached hydrogen (secondary N) is 1. The average Bonchev–Trinajstić information content (AvgIpc) is 3.45. The zero-order valence-electron chi connectivity index (χ0n) is 14.8. The van der Waals surface area contributed by atoms with E-state index in [0.29, 0.717) is 25.8 Å². The Kier molecular flexibility index (Phi) is 6.52. The molecule has 1 aliphatic heterocycles. The van der Waals surface area contributed by atoms with Crippen LogP contribution in [0.2, 0.25) is 0 Å². The normalized spacial score (nSPS) is 26.0. The topological polar surface area (TPSA) is 58.6 Å². The molecule has 5 heteroatoms. The fourth-order valence-electron chi connectivity index (χ4n) is 3.93. The average molecular weight is 336 g/mol. The molecule has 0 aromatic rings. The molecule has 3 fully saturated rings. The minimum atomic E-state index is -0.0423.